The first-order valence-electron chi connectivity index (χ1n) is 5.97. The molecule has 7 nitrogen and oxygen atoms in total. The number of fused-ring (bicyclic) bond motifs is 1. The Morgan fingerprint density at radius 3 is 3.00 bits per heavy atom. The van der Waals surface area contributed by atoms with Gasteiger partial charge in [-0.1, -0.05) is 12.1 Å². The number of carbonyl (C=O) groups is 1. The fourth-order valence-electron chi connectivity index (χ4n) is 2.04. The molecule has 0 saturated carbocycles. The number of aromatic nitrogens is 4. The van der Waals surface area contributed by atoms with Gasteiger partial charge in [0.05, 0.1) is 11.1 Å². The fourth-order valence-corrected chi connectivity index (χ4v) is 2.04. The molecule has 4 N–H and O–H groups in total. The van der Waals surface area contributed by atoms with Crippen LogP contribution >= 0.6 is 0 Å². The number of benzene rings is 1. The van der Waals surface area contributed by atoms with E-state index in [1.807, 2.05) is 24.3 Å². The molecule has 0 fully saturated rings. The lowest BCUT2D eigenvalue weighted by molar-refractivity contribution is -0.114. The predicted octanol–water partition coefficient (Wildman–Crippen LogP) is 1.56. The first-order chi connectivity index (χ1) is 9.65. The Labute approximate surface area is 114 Å². The molecule has 1 amide bonds. The van der Waals surface area contributed by atoms with Gasteiger partial charge < -0.3 is 11.1 Å². The monoisotopic (exact) mass is 268 g/mol. The number of nitrogens with two attached hydrogens (primary N) is 1. The van der Waals surface area contributed by atoms with E-state index in [2.05, 4.69) is 25.5 Å². The molecule has 3 aromatic rings. The normalized spacial score (nSPS) is 10.7. The molecule has 0 spiro atoms. The molecule has 0 atom stereocenters. The molecule has 0 unspecified atom stereocenters. The molecule has 7 heteroatoms. The van der Waals surface area contributed by atoms with Gasteiger partial charge in [-0.25, -0.2) is 9.97 Å². The number of nitrogens with zero attached hydrogens (tertiary/aromatic N) is 3. The zero-order valence-electron chi connectivity index (χ0n) is 10.7. The minimum Gasteiger partial charge on any atom is -0.383 e. The Bertz CT molecular complexity index is 794. The van der Waals surface area contributed by atoms with E-state index in [-0.39, 0.29) is 5.91 Å². The Hall–Kier alpha value is -2.96. The lowest BCUT2D eigenvalue weighted by Gasteiger charge is -2.05. The third kappa shape index (κ3) is 2.05. The summed E-state index contributed by atoms with van der Waals surface area (Å²) in [6, 6.07) is 7.38. The van der Waals surface area contributed by atoms with Crippen molar-refractivity contribution in [3.05, 3.63) is 30.6 Å². The zero-order valence-corrected chi connectivity index (χ0v) is 10.7. The summed E-state index contributed by atoms with van der Waals surface area (Å²) in [6.45, 7) is 1.46. The number of aromatic amines is 1. The summed E-state index contributed by atoms with van der Waals surface area (Å²) in [5.41, 5.74) is 8.66. The van der Waals surface area contributed by atoms with Crippen LogP contribution in [0.2, 0.25) is 0 Å². The minimum atomic E-state index is -0.125. The molecule has 3 rings (SSSR count). The highest BCUT2D eigenvalue weighted by Gasteiger charge is 2.12. The molecular weight excluding hydrogens is 256 g/mol. The minimum absolute atomic E-state index is 0.125. The van der Waals surface area contributed by atoms with Crippen molar-refractivity contribution >= 4 is 28.4 Å². The number of rotatable bonds is 2. The van der Waals surface area contributed by atoms with Crippen LogP contribution in [0.4, 0.5) is 11.5 Å². The Balaban J connectivity index is 2.14. The quantitative estimate of drug-likeness (QED) is 0.653. The summed E-state index contributed by atoms with van der Waals surface area (Å²) in [6.07, 6.45) is 1.37. The Kier molecular flexibility index (Phi) is 2.79. The fraction of sp³-hybridized carbons (Fsp3) is 0.0769. The second-order valence-corrected chi connectivity index (χ2v) is 4.32. The summed E-state index contributed by atoms with van der Waals surface area (Å²) in [7, 11) is 0. The van der Waals surface area contributed by atoms with Crippen LogP contribution < -0.4 is 11.1 Å². The number of nitrogen functional groups attached to an aromatic ring is 1. The van der Waals surface area contributed by atoms with Gasteiger partial charge in [0.1, 0.15) is 12.1 Å². The van der Waals surface area contributed by atoms with Crippen molar-refractivity contribution in [1.82, 2.24) is 20.2 Å². The lowest BCUT2D eigenvalue weighted by Crippen LogP contribution is -2.05. The van der Waals surface area contributed by atoms with Crippen molar-refractivity contribution < 1.29 is 4.79 Å². The van der Waals surface area contributed by atoms with Gasteiger partial charge in [-0.05, 0) is 12.1 Å². The Morgan fingerprint density at radius 1 is 1.35 bits per heavy atom. The van der Waals surface area contributed by atoms with Crippen LogP contribution in [-0.2, 0) is 4.79 Å². The highest BCUT2D eigenvalue weighted by molar-refractivity contribution is 5.98. The largest absolute Gasteiger partial charge is 0.383 e. The van der Waals surface area contributed by atoms with Crippen molar-refractivity contribution in [1.29, 1.82) is 0 Å². The van der Waals surface area contributed by atoms with Crippen LogP contribution in [0, 0.1) is 0 Å². The van der Waals surface area contributed by atoms with Crippen LogP contribution in [0.25, 0.3) is 22.3 Å². The molecule has 0 radical (unpaired) electrons. The number of H-pyrrole nitrogens is 1. The summed E-state index contributed by atoms with van der Waals surface area (Å²) in [4.78, 5) is 19.1. The third-order valence-corrected chi connectivity index (χ3v) is 2.85. The van der Waals surface area contributed by atoms with E-state index < -0.39 is 0 Å². The zero-order chi connectivity index (χ0) is 14.1. The Morgan fingerprint density at radius 2 is 2.20 bits per heavy atom. The number of hydrogen-bond acceptors (Lipinski definition) is 5. The molecular formula is C13H12N6O. The van der Waals surface area contributed by atoms with Gasteiger partial charge >= 0.3 is 0 Å². The number of anilines is 2. The first kappa shape index (κ1) is 12.1. The van der Waals surface area contributed by atoms with Crippen molar-refractivity contribution in [2.45, 2.75) is 6.92 Å². The summed E-state index contributed by atoms with van der Waals surface area (Å²) < 4.78 is 0. The van der Waals surface area contributed by atoms with Crippen molar-refractivity contribution in [2.24, 2.45) is 0 Å². The van der Waals surface area contributed by atoms with E-state index in [0.717, 1.165) is 11.3 Å². The molecule has 0 aliphatic rings. The molecule has 2 aromatic heterocycles. The number of carbonyl (C=O) groups excluding carboxylic acids is 1. The van der Waals surface area contributed by atoms with E-state index in [4.69, 9.17) is 5.73 Å². The SMILES string of the molecule is CC(=O)Nc1cccc(-c2[nH]nc3ncnc(N)c23)c1. The molecule has 0 aliphatic carbocycles. The number of amides is 1. The number of nitrogens with one attached hydrogen (secondary N) is 2. The van der Waals surface area contributed by atoms with Gasteiger partial charge in [0.2, 0.25) is 5.91 Å². The summed E-state index contributed by atoms with van der Waals surface area (Å²) >= 11 is 0. The first-order valence-corrected chi connectivity index (χ1v) is 5.97. The average Bonchev–Trinajstić information content (AvgIpc) is 2.83. The number of hydrogen-bond donors (Lipinski definition) is 3. The van der Waals surface area contributed by atoms with Gasteiger partial charge in [0, 0.05) is 18.2 Å². The standard InChI is InChI=1S/C13H12N6O/c1-7(20)17-9-4-2-3-8(5-9)11-10-12(14)15-6-16-13(10)19-18-11/h2-6H,1H3,(H,17,20)(H3,14,15,16,18,19). The second kappa shape index (κ2) is 4.61. The van der Waals surface area contributed by atoms with E-state index in [1.165, 1.54) is 13.3 Å². The summed E-state index contributed by atoms with van der Waals surface area (Å²) in [5, 5.41) is 10.4. The molecule has 0 saturated heterocycles. The second-order valence-electron chi connectivity index (χ2n) is 4.32. The van der Waals surface area contributed by atoms with Crippen molar-refractivity contribution in [2.75, 3.05) is 11.1 Å². The maximum absolute atomic E-state index is 11.1. The van der Waals surface area contributed by atoms with Crippen molar-refractivity contribution in [3.63, 3.8) is 0 Å². The van der Waals surface area contributed by atoms with Crippen LogP contribution in [0.1, 0.15) is 6.92 Å². The van der Waals surface area contributed by atoms with E-state index >= 15 is 0 Å². The lowest BCUT2D eigenvalue weighted by atomic mass is 10.1. The predicted molar refractivity (Wildman–Crippen MR) is 75.8 cm³/mol. The van der Waals surface area contributed by atoms with Crippen molar-refractivity contribution in [3.8, 4) is 11.3 Å². The highest BCUT2D eigenvalue weighted by atomic mass is 16.1. The topological polar surface area (TPSA) is 110 Å². The maximum Gasteiger partial charge on any atom is 0.221 e. The maximum atomic E-state index is 11.1. The molecule has 0 aliphatic heterocycles. The van der Waals surface area contributed by atoms with Gasteiger partial charge in [0.15, 0.2) is 5.65 Å². The average molecular weight is 268 g/mol. The molecule has 100 valence electrons. The summed E-state index contributed by atoms with van der Waals surface area (Å²) in [5.74, 6) is 0.239. The van der Waals surface area contributed by atoms with E-state index in [9.17, 15) is 4.79 Å². The van der Waals surface area contributed by atoms with Gasteiger partial charge in [-0.2, -0.15) is 5.10 Å². The van der Waals surface area contributed by atoms with Crippen LogP contribution in [0.5, 0.6) is 0 Å². The van der Waals surface area contributed by atoms with Gasteiger partial charge in [-0.3, -0.25) is 9.89 Å². The van der Waals surface area contributed by atoms with E-state index in [1.54, 1.807) is 0 Å². The van der Waals surface area contributed by atoms with Crippen LogP contribution in [0.15, 0.2) is 30.6 Å². The van der Waals surface area contributed by atoms with Gasteiger partial charge in [0.25, 0.3) is 0 Å². The van der Waals surface area contributed by atoms with Crippen LogP contribution in [-0.4, -0.2) is 26.1 Å². The third-order valence-electron chi connectivity index (χ3n) is 2.85. The molecule has 2 heterocycles. The molecule has 1 aromatic carbocycles. The molecule has 20 heavy (non-hydrogen) atoms. The smallest absolute Gasteiger partial charge is 0.221 e. The van der Waals surface area contributed by atoms with Crippen LogP contribution in [0.3, 0.4) is 0 Å². The van der Waals surface area contributed by atoms with E-state index in [0.29, 0.717) is 22.5 Å². The molecule has 0 bridgehead atoms. The van der Waals surface area contributed by atoms with Gasteiger partial charge in [-0.15, -0.1) is 0 Å². The highest BCUT2D eigenvalue weighted by Crippen LogP contribution is 2.29.